The molecule has 1 unspecified atom stereocenters. The minimum absolute atomic E-state index is 0.164. The van der Waals surface area contributed by atoms with E-state index in [9.17, 15) is 5.11 Å². The molecular weight excluding hydrogens is 252 g/mol. The lowest BCUT2D eigenvalue weighted by atomic mass is 9.96. The Balaban J connectivity index is 1.94. The molecule has 0 saturated heterocycles. The van der Waals surface area contributed by atoms with E-state index < -0.39 is 6.10 Å². The summed E-state index contributed by atoms with van der Waals surface area (Å²) in [6.45, 7) is 0. The van der Waals surface area contributed by atoms with Crippen LogP contribution in [0.25, 0.3) is 0 Å². The summed E-state index contributed by atoms with van der Waals surface area (Å²) >= 11 is 5.92. The van der Waals surface area contributed by atoms with Crippen molar-refractivity contribution in [2.45, 2.75) is 18.6 Å². The Morgan fingerprint density at radius 3 is 3.06 bits per heavy atom. The lowest BCUT2D eigenvalue weighted by molar-refractivity contribution is 0.0657. The number of fused-ring (bicyclic) bond motifs is 1. The standard InChI is InChI=1S/C13H13ClN2O2/c1-16-7-8(6-15-16)13-5-11(17)10-4-9(14)2-3-12(10)18-13/h2-4,6-7,11,13,17H,5H2,1H3/t11-,13?/m1/s1. The van der Waals surface area contributed by atoms with Gasteiger partial charge in [-0.25, -0.2) is 0 Å². The second-order valence-corrected chi connectivity index (χ2v) is 4.92. The van der Waals surface area contributed by atoms with E-state index in [4.69, 9.17) is 16.3 Å². The number of aromatic nitrogens is 2. The molecule has 0 aliphatic carbocycles. The maximum Gasteiger partial charge on any atom is 0.130 e. The van der Waals surface area contributed by atoms with Crippen LogP contribution in [0.3, 0.4) is 0 Å². The molecule has 0 radical (unpaired) electrons. The second-order valence-electron chi connectivity index (χ2n) is 4.49. The molecule has 0 bridgehead atoms. The first-order valence-electron chi connectivity index (χ1n) is 5.76. The highest BCUT2D eigenvalue weighted by molar-refractivity contribution is 6.30. The highest BCUT2D eigenvalue weighted by Gasteiger charge is 2.28. The van der Waals surface area contributed by atoms with Crippen LogP contribution in [0.1, 0.15) is 29.8 Å². The Morgan fingerprint density at radius 1 is 1.50 bits per heavy atom. The molecule has 4 nitrogen and oxygen atoms in total. The molecule has 94 valence electrons. The van der Waals surface area contributed by atoms with Crippen LogP contribution in [0.4, 0.5) is 0 Å². The highest BCUT2D eigenvalue weighted by Crippen LogP contribution is 2.41. The third kappa shape index (κ3) is 1.98. The molecule has 18 heavy (non-hydrogen) atoms. The van der Waals surface area contributed by atoms with Gasteiger partial charge in [-0.15, -0.1) is 0 Å². The molecule has 3 rings (SSSR count). The zero-order valence-corrected chi connectivity index (χ0v) is 10.6. The van der Waals surface area contributed by atoms with Crippen LogP contribution in [-0.2, 0) is 7.05 Å². The van der Waals surface area contributed by atoms with Crippen molar-refractivity contribution in [2.24, 2.45) is 7.05 Å². The predicted octanol–water partition coefficient (Wildman–Crippen LogP) is 2.63. The van der Waals surface area contributed by atoms with E-state index in [2.05, 4.69) is 5.10 Å². The number of hydrogen-bond acceptors (Lipinski definition) is 3. The Morgan fingerprint density at radius 2 is 2.33 bits per heavy atom. The first kappa shape index (κ1) is 11.6. The normalized spacial score (nSPS) is 22.4. The van der Waals surface area contributed by atoms with Gasteiger partial charge < -0.3 is 9.84 Å². The number of halogens is 1. The number of aryl methyl sites for hydroxylation is 1. The van der Waals surface area contributed by atoms with Crippen LogP contribution in [-0.4, -0.2) is 14.9 Å². The largest absolute Gasteiger partial charge is 0.485 e. The van der Waals surface area contributed by atoms with Crippen molar-refractivity contribution in [3.8, 4) is 5.75 Å². The average Bonchev–Trinajstić information content (AvgIpc) is 2.77. The molecule has 0 fully saturated rings. The van der Waals surface area contributed by atoms with E-state index in [1.165, 1.54) is 0 Å². The van der Waals surface area contributed by atoms with Crippen molar-refractivity contribution in [3.63, 3.8) is 0 Å². The maximum atomic E-state index is 10.2. The predicted molar refractivity (Wildman–Crippen MR) is 67.6 cm³/mol. The van der Waals surface area contributed by atoms with Crippen LogP contribution in [0.2, 0.25) is 5.02 Å². The quantitative estimate of drug-likeness (QED) is 0.861. The molecule has 0 amide bonds. The molecule has 2 heterocycles. The minimum atomic E-state index is -0.558. The Kier molecular flexibility index (Phi) is 2.76. The number of aliphatic hydroxyl groups excluding tert-OH is 1. The summed E-state index contributed by atoms with van der Waals surface area (Å²) in [5, 5.41) is 14.9. The Hall–Kier alpha value is -1.52. The summed E-state index contributed by atoms with van der Waals surface area (Å²) in [6, 6.07) is 5.31. The molecule has 2 atom stereocenters. The summed E-state index contributed by atoms with van der Waals surface area (Å²) in [7, 11) is 1.86. The minimum Gasteiger partial charge on any atom is -0.485 e. The van der Waals surface area contributed by atoms with Gasteiger partial charge in [-0.3, -0.25) is 4.68 Å². The van der Waals surface area contributed by atoms with E-state index in [-0.39, 0.29) is 6.10 Å². The molecule has 1 aliphatic rings. The number of aliphatic hydroxyl groups is 1. The fourth-order valence-electron chi connectivity index (χ4n) is 2.23. The van der Waals surface area contributed by atoms with Crippen molar-refractivity contribution in [1.29, 1.82) is 0 Å². The number of hydrogen-bond donors (Lipinski definition) is 1. The zero-order chi connectivity index (χ0) is 12.7. The lowest BCUT2D eigenvalue weighted by Gasteiger charge is -2.29. The fourth-order valence-corrected chi connectivity index (χ4v) is 2.41. The van der Waals surface area contributed by atoms with E-state index in [1.54, 1.807) is 29.1 Å². The zero-order valence-electron chi connectivity index (χ0n) is 9.88. The second kappa shape index (κ2) is 4.30. The summed E-state index contributed by atoms with van der Waals surface area (Å²) in [6.07, 6.45) is 3.45. The van der Waals surface area contributed by atoms with Crippen molar-refractivity contribution in [1.82, 2.24) is 9.78 Å². The molecule has 0 spiro atoms. The van der Waals surface area contributed by atoms with Crippen molar-refractivity contribution < 1.29 is 9.84 Å². The fraction of sp³-hybridized carbons (Fsp3) is 0.308. The van der Waals surface area contributed by atoms with E-state index in [0.717, 1.165) is 11.1 Å². The van der Waals surface area contributed by atoms with Crippen LogP contribution in [0.5, 0.6) is 5.75 Å². The van der Waals surface area contributed by atoms with Gasteiger partial charge in [-0.05, 0) is 18.2 Å². The van der Waals surface area contributed by atoms with Crippen molar-refractivity contribution >= 4 is 11.6 Å². The highest BCUT2D eigenvalue weighted by atomic mass is 35.5. The summed E-state index contributed by atoms with van der Waals surface area (Å²) < 4.78 is 7.61. The van der Waals surface area contributed by atoms with Gasteiger partial charge in [0.15, 0.2) is 0 Å². The van der Waals surface area contributed by atoms with Gasteiger partial charge in [0.2, 0.25) is 0 Å². The summed E-state index contributed by atoms with van der Waals surface area (Å²) in [4.78, 5) is 0. The maximum absolute atomic E-state index is 10.2. The summed E-state index contributed by atoms with van der Waals surface area (Å²) in [5.74, 6) is 0.687. The summed E-state index contributed by atoms with van der Waals surface area (Å²) in [5.41, 5.74) is 1.72. The van der Waals surface area contributed by atoms with E-state index in [0.29, 0.717) is 17.2 Å². The number of ether oxygens (including phenoxy) is 1. The van der Waals surface area contributed by atoms with Crippen LogP contribution in [0.15, 0.2) is 30.6 Å². The molecule has 1 aliphatic heterocycles. The van der Waals surface area contributed by atoms with Gasteiger partial charge in [-0.2, -0.15) is 5.10 Å². The van der Waals surface area contributed by atoms with Gasteiger partial charge in [0.25, 0.3) is 0 Å². The molecule has 1 aromatic heterocycles. The first-order valence-corrected chi connectivity index (χ1v) is 6.14. The molecule has 2 aromatic rings. The Labute approximate surface area is 110 Å². The number of rotatable bonds is 1. The molecule has 0 saturated carbocycles. The van der Waals surface area contributed by atoms with E-state index >= 15 is 0 Å². The molecule has 5 heteroatoms. The van der Waals surface area contributed by atoms with Gasteiger partial charge in [0, 0.05) is 35.8 Å². The number of benzene rings is 1. The van der Waals surface area contributed by atoms with Gasteiger partial charge in [-0.1, -0.05) is 11.6 Å². The van der Waals surface area contributed by atoms with Gasteiger partial charge in [0.1, 0.15) is 11.9 Å². The average molecular weight is 265 g/mol. The molecular formula is C13H13ClN2O2. The van der Waals surface area contributed by atoms with E-state index in [1.807, 2.05) is 13.2 Å². The SMILES string of the molecule is Cn1cc(C2C[C@@H](O)c3cc(Cl)ccc3O2)cn1. The third-order valence-corrected chi connectivity index (χ3v) is 3.37. The smallest absolute Gasteiger partial charge is 0.130 e. The first-order chi connectivity index (χ1) is 8.63. The van der Waals surface area contributed by atoms with Gasteiger partial charge >= 0.3 is 0 Å². The van der Waals surface area contributed by atoms with Crippen LogP contribution < -0.4 is 4.74 Å². The van der Waals surface area contributed by atoms with Crippen molar-refractivity contribution in [3.05, 3.63) is 46.7 Å². The monoisotopic (exact) mass is 264 g/mol. The lowest BCUT2D eigenvalue weighted by Crippen LogP contribution is -2.18. The van der Waals surface area contributed by atoms with Gasteiger partial charge in [0.05, 0.1) is 12.3 Å². The number of nitrogens with zero attached hydrogens (tertiary/aromatic N) is 2. The van der Waals surface area contributed by atoms with Crippen LogP contribution >= 0.6 is 11.6 Å². The molecule has 1 N–H and O–H groups in total. The Bertz CT molecular complexity index is 582. The van der Waals surface area contributed by atoms with Crippen molar-refractivity contribution in [2.75, 3.05) is 0 Å². The molecule has 1 aromatic carbocycles. The topological polar surface area (TPSA) is 47.3 Å². The third-order valence-electron chi connectivity index (χ3n) is 3.13. The van der Waals surface area contributed by atoms with Crippen LogP contribution in [0, 0.1) is 0 Å².